The molecule has 3 unspecified atom stereocenters. The normalized spacial score (nSPS) is 34.4. The first-order valence-corrected chi connectivity index (χ1v) is 6.95. The topological polar surface area (TPSA) is 87.7 Å². The third kappa shape index (κ3) is 2.90. The average Bonchev–Trinajstić information content (AvgIpc) is 2.99. The standard InChI is InChI=1S/C13H22N2O4/c1-2-4-13(5-3-6-14-13)12(18)15-10-8-19-7-9(10)11(16)17/h9-10,14H,2-8H2,1H3,(H,15,18)(H,16,17). The van der Waals surface area contributed by atoms with Gasteiger partial charge in [-0.25, -0.2) is 0 Å². The molecule has 0 bridgehead atoms. The van der Waals surface area contributed by atoms with Crippen LogP contribution in [0.15, 0.2) is 0 Å². The molecule has 2 aliphatic heterocycles. The number of aliphatic carboxylic acids is 1. The van der Waals surface area contributed by atoms with Crippen molar-refractivity contribution in [1.29, 1.82) is 0 Å². The van der Waals surface area contributed by atoms with E-state index in [1.54, 1.807) is 0 Å². The van der Waals surface area contributed by atoms with Crippen LogP contribution in [0.4, 0.5) is 0 Å². The van der Waals surface area contributed by atoms with Crippen LogP contribution in [0.1, 0.15) is 32.6 Å². The smallest absolute Gasteiger partial charge is 0.311 e. The van der Waals surface area contributed by atoms with Crippen molar-refractivity contribution in [3.8, 4) is 0 Å². The summed E-state index contributed by atoms with van der Waals surface area (Å²) in [7, 11) is 0. The summed E-state index contributed by atoms with van der Waals surface area (Å²) >= 11 is 0. The Hall–Kier alpha value is -1.14. The number of nitrogens with one attached hydrogen (secondary N) is 2. The first-order valence-electron chi connectivity index (χ1n) is 6.95. The Kier molecular flexibility index (Phi) is 4.42. The fraction of sp³-hybridized carbons (Fsp3) is 0.846. The molecule has 2 aliphatic rings. The number of carbonyl (C=O) groups is 2. The van der Waals surface area contributed by atoms with Crippen LogP contribution in [0.25, 0.3) is 0 Å². The zero-order valence-electron chi connectivity index (χ0n) is 11.3. The number of hydrogen-bond donors (Lipinski definition) is 3. The second-order valence-corrected chi connectivity index (χ2v) is 5.42. The van der Waals surface area contributed by atoms with Crippen molar-refractivity contribution in [3.63, 3.8) is 0 Å². The number of carbonyl (C=O) groups excluding carboxylic acids is 1. The van der Waals surface area contributed by atoms with E-state index in [4.69, 9.17) is 9.84 Å². The van der Waals surface area contributed by atoms with E-state index < -0.39 is 23.5 Å². The lowest BCUT2D eigenvalue weighted by molar-refractivity contribution is -0.142. The molecule has 6 nitrogen and oxygen atoms in total. The van der Waals surface area contributed by atoms with Crippen LogP contribution < -0.4 is 10.6 Å². The molecule has 2 fully saturated rings. The predicted octanol–water partition coefficient (Wildman–Crippen LogP) is 0.125. The molecule has 0 radical (unpaired) electrons. The molecule has 0 aromatic heterocycles. The Morgan fingerprint density at radius 1 is 1.47 bits per heavy atom. The third-order valence-electron chi connectivity index (χ3n) is 4.07. The lowest BCUT2D eigenvalue weighted by Gasteiger charge is -2.30. The second kappa shape index (κ2) is 5.88. The molecule has 3 N–H and O–H groups in total. The average molecular weight is 270 g/mol. The van der Waals surface area contributed by atoms with Gasteiger partial charge < -0.3 is 20.5 Å². The van der Waals surface area contributed by atoms with E-state index in [0.29, 0.717) is 0 Å². The zero-order valence-corrected chi connectivity index (χ0v) is 11.3. The van der Waals surface area contributed by atoms with Gasteiger partial charge in [-0.2, -0.15) is 0 Å². The van der Waals surface area contributed by atoms with Gasteiger partial charge in [-0.3, -0.25) is 9.59 Å². The van der Waals surface area contributed by atoms with E-state index in [2.05, 4.69) is 10.6 Å². The lowest BCUT2D eigenvalue weighted by atomic mass is 9.90. The fourth-order valence-electron chi connectivity index (χ4n) is 3.00. The minimum absolute atomic E-state index is 0.0754. The number of carboxylic acids is 1. The van der Waals surface area contributed by atoms with E-state index in [9.17, 15) is 9.59 Å². The molecular weight excluding hydrogens is 248 g/mol. The SMILES string of the molecule is CCCC1(C(=O)NC2COCC2C(=O)O)CCCN1. The van der Waals surface area contributed by atoms with Crippen molar-refractivity contribution < 1.29 is 19.4 Å². The molecule has 19 heavy (non-hydrogen) atoms. The minimum atomic E-state index is -0.910. The highest BCUT2D eigenvalue weighted by molar-refractivity contribution is 5.87. The molecule has 2 rings (SSSR count). The molecule has 0 saturated carbocycles. The fourth-order valence-corrected chi connectivity index (χ4v) is 3.00. The molecule has 6 heteroatoms. The van der Waals surface area contributed by atoms with Crippen LogP contribution >= 0.6 is 0 Å². The maximum absolute atomic E-state index is 12.5. The number of carboxylic acid groups (broad SMARTS) is 1. The number of rotatable bonds is 5. The summed E-state index contributed by atoms with van der Waals surface area (Å²) < 4.78 is 5.17. The van der Waals surface area contributed by atoms with Crippen LogP contribution in [-0.4, -0.2) is 48.3 Å². The Bertz CT molecular complexity index is 353. The molecule has 0 aromatic carbocycles. The van der Waals surface area contributed by atoms with Gasteiger partial charge in [-0.15, -0.1) is 0 Å². The molecule has 2 heterocycles. The molecule has 1 amide bonds. The van der Waals surface area contributed by atoms with Gasteiger partial charge in [-0.05, 0) is 25.8 Å². The van der Waals surface area contributed by atoms with E-state index in [1.807, 2.05) is 6.92 Å². The lowest BCUT2D eigenvalue weighted by Crippen LogP contribution is -2.57. The van der Waals surface area contributed by atoms with Crippen molar-refractivity contribution >= 4 is 11.9 Å². The van der Waals surface area contributed by atoms with Gasteiger partial charge in [0, 0.05) is 0 Å². The number of ether oxygens (including phenoxy) is 1. The van der Waals surface area contributed by atoms with Crippen LogP contribution in [0.2, 0.25) is 0 Å². The van der Waals surface area contributed by atoms with Crippen molar-refractivity contribution in [2.45, 2.75) is 44.2 Å². The maximum Gasteiger partial charge on any atom is 0.311 e. The number of hydrogen-bond acceptors (Lipinski definition) is 4. The van der Waals surface area contributed by atoms with Gasteiger partial charge in [0.1, 0.15) is 5.92 Å². The number of amides is 1. The van der Waals surface area contributed by atoms with Gasteiger partial charge >= 0.3 is 5.97 Å². The van der Waals surface area contributed by atoms with Crippen molar-refractivity contribution in [3.05, 3.63) is 0 Å². The Morgan fingerprint density at radius 3 is 2.84 bits per heavy atom. The Balaban J connectivity index is 2.01. The summed E-state index contributed by atoms with van der Waals surface area (Å²) in [5, 5.41) is 15.2. The summed E-state index contributed by atoms with van der Waals surface area (Å²) in [6.45, 7) is 3.35. The predicted molar refractivity (Wildman–Crippen MR) is 68.8 cm³/mol. The highest BCUT2D eigenvalue weighted by Gasteiger charge is 2.43. The van der Waals surface area contributed by atoms with Gasteiger partial charge in [0.05, 0.1) is 24.8 Å². The Morgan fingerprint density at radius 2 is 2.26 bits per heavy atom. The largest absolute Gasteiger partial charge is 0.481 e. The monoisotopic (exact) mass is 270 g/mol. The first-order chi connectivity index (χ1) is 9.09. The summed E-state index contributed by atoms with van der Waals surface area (Å²) in [5.41, 5.74) is -0.513. The maximum atomic E-state index is 12.5. The highest BCUT2D eigenvalue weighted by Crippen LogP contribution is 2.26. The van der Waals surface area contributed by atoms with Gasteiger partial charge in [0.15, 0.2) is 0 Å². The summed E-state index contributed by atoms with van der Waals surface area (Å²) in [5.74, 6) is -1.62. The van der Waals surface area contributed by atoms with E-state index in [-0.39, 0.29) is 19.1 Å². The zero-order chi connectivity index (χ0) is 13.9. The van der Waals surface area contributed by atoms with Crippen molar-refractivity contribution in [2.24, 2.45) is 5.92 Å². The minimum Gasteiger partial charge on any atom is -0.481 e. The second-order valence-electron chi connectivity index (χ2n) is 5.42. The summed E-state index contributed by atoms with van der Waals surface area (Å²) in [6, 6.07) is -0.416. The summed E-state index contributed by atoms with van der Waals surface area (Å²) in [6.07, 6.45) is 3.50. The van der Waals surface area contributed by atoms with Crippen LogP contribution in [0, 0.1) is 5.92 Å². The van der Waals surface area contributed by atoms with Gasteiger partial charge in [0.25, 0.3) is 0 Å². The van der Waals surface area contributed by atoms with Crippen LogP contribution in [0.3, 0.4) is 0 Å². The molecule has 2 saturated heterocycles. The first kappa shape index (κ1) is 14.3. The molecule has 108 valence electrons. The third-order valence-corrected chi connectivity index (χ3v) is 4.07. The van der Waals surface area contributed by atoms with Crippen molar-refractivity contribution in [2.75, 3.05) is 19.8 Å². The van der Waals surface area contributed by atoms with E-state index >= 15 is 0 Å². The van der Waals surface area contributed by atoms with Gasteiger partial charge in [0.2, 0.25) is 5.91 Å². The molecular formula is C13H22N2O4. The van der Waals surface area contributed by atoms with Crippen LogP contribution in [0.5, 0.6) is 0 Å². The quantitative estimate of drug-likeness (QED) is 0.660. The molecule has 0 aliphatic carbocycles. The van der Waals surface area contributed by atoms with Crippen molar-refractivity contribution in [1.82, 2.24) is 10.6 Å². The Labute approximate surface area is 112 Å². The molecule has 0 spiro atoms. The molecule has 0 aromatic rings. The molecule has 3 atom stereocenters. The van der Waals surface area contributed by atoms with Crippen LogP contribution in [-0.2, 0) is 14.3 Å². The highest BCUT2D eigenvalue weighted by atomic mass is 16.5. The van der Waals surface area contributed by atoms with E-state index in [1.165, 1.54) is 0 Å². The summed E-state index contributed by atoms with van der Waals surface area (Å²) in [4.78, 5) is 23.5. The van der Waals surface area contributed by atoms with E-state index in [0.717, 1.165) is 32.2 Å². The van der Waals surface area contributed by atoms with Gasteiger partial charge in [-0.1, -0.05) is 13.3 Å².